The number of hydrogen-bond donors (Lipinski definition) is 0. The van der Waals surface area contributed by atoms with Gasteiger partial charge >= 0.3 is 12.0 Å². The maximum Gasteiger partial charge on any atom is 0.321 e. The molecule has 3 aromatic heterocycles. The highest BCUT2D eigenvalue weighted by atomic mass is 79.9. The van der Waals surface area contributed by atoms with Crippen LogP contribution in [0, 0.1) is 36.3 Å². The Balaban J connectivity index is 0.000000207. The molecule has 1 aliphatic heterocycles. The Kier molecular flexibility index (Phi) is 10.9. The maximum atomic E-state index is 13.7. The van der Waals surface area contributed by atoms with E-state index in [2.05, 4.69) is 57.0 Å². The quantitative estimate of drug-likeness (QED) is 0.146. The van der Waals surface area contributed by atoms with E-state index in [4.69, 9.17) is 32.7 Å². The zero-order valence-electron chi connectivity index (χ0n) is 27.0. The topological polar surface area (TPSA) is 109 Å². The molecule has 2 fully saturated rings. The Morgan fingerprint density at radius 2 is 1.37 bits per heavy atom. The number of benzene rings is 2. The Morgan fingerprint density at radius 3 is 1.92 bits per heavy atom. The van der Waals surface area contributed by atoms with Gasteiger partial charge in [0.2, 0.25) is 4.73 Å². The average molecular weight is 778 g/mol. The highest BCUT2D eigenvalue weighted by Gasteiger charge is 2.43. The number of anilines is 1. The molecule has 1 saturated heterocycles. The van der Waals surface area contributed by atoms with Crippen molar-refractivity contribution in [3.8, 4) is 23.5 Å². The van der Waals surface area contributed by atoms with Crippen LogP contribution in [-0.2, 0) is 19.5 Å². The second-order valence-corrected chi connectivity index (χ2v) is 13.5. The molecule has 11 nitrogen and oxygen atoms in total. The van der Waals surface area contributed by atoms with Crippen molar-refractivity contribution in [2.24, 2.45) is 17.8 Å². The Morgan fingerprint density at radius 1 is 0.796 bits per heavy atom. The summed E-state index contributed by atoms with van der Waals surface area (Å²) >= 11 is 14.8. The van der Waals surface area contributed by atoms with E-state index < -0.39 is 11.6 Å². The van der Waals surface area contributed by atoms with Crippen molar-refractivity contribution in [1.29, 1.82) is 0 Å². The van der Waals surface area contributed by atoms with Crippen molar-refractivity contribution >= 4 is 44.9 Å². The number of aromatic nitrogens is 8. The fraction of sp³-hybridized carbons (Fsp3) is 0.394. The van der Waals surface area contributed by atoms with Crippen LogP contribution in [0.1, 0.15) is 38.2 Å². The summed E-state index contributed by atoms with van der Waals surface area (Å²) in [6, 6.07) is 10.8. The first-order valence-electron chi connectivity index (χ1n) is 15.9. The molecule has 5 aromatic rings. The monoisotopic (exact) mass is 775 g/mol. The van der Waals surface area contributed by atoms with Gasteiger partial charge in [0.25, 0.3) is 0 Å². The fourth-order valence-corrected chi connectivity index (χ4v) is 7.16. The van der Waals surface area contributed by atoms with E-state index in [1.54, 1.807) is 21.8 Å². The van der Waals surface area contributed by atoms with Gasteiger partial charge in [-0.2, -0.15) is 15.1 Å². The van der Waals surface area contributed by atoms with E-state index in [-0.39, 0.29) is 21.8 Å². The molecule has 16 heteroatoms. The number of nitrogens with zero attached hydrogens (tertiary/aromatic N) is 9. The molecule has 2 aromatic carbocycles. The van der Waals surface area contributed by atoms with Crippen LogP contribution in [0.2, 0.25) is 10.0 Å². The summed E-state index contributed by atoms with van der Waals surface area (Å²) < 4.78 is 41.7. The first-order valence-corrected chi connectivity index (χ1v) is 17.5. The number of aryl methyl sites for hydroxylation is 3. The van der Waals surface area contributed by atoms with Crippen molar-refractivity contribution in [2.75, 3.05) is 18.0 Å². The van der Waals surface area contributed by atoms with Gasteiger partial charge in [0.05, 0.1) is 0 Å². The molecule has 2 aliphatic rings. The second kappa shape index (κ2) is 15.3. The predicted molar refractivity (Wildman–Crippen MR) is 184 cm³/mol. The van der Waals surface area contributed by atoms with E-state index in [1.165, 1.54) is 43.2 Å². The second-order valence-electron chi connectivity index (χ2n) is 11.9. The molecule has 1 aliphatic carbocycles. The molecular formula is C33H34BrCl2F2N9O2. The molecule has 0 amide bonds. The lowest BCUT2D eigenvalue weighted by molar-refractivity contribution is 0.264. The van der Waals surface area contributed by atoms with Gasteiger partial charge < -0.3 is 14.4 Å². The number of halogens is 5. The van der Waals surface area contributed by atoms with Crippen LogP contribution in [0.25, 0.3) is 0 Å². The average Bonchev–Trinajstić information content (AvgIpc) is 3.66. The molecule has 0 radical (unpaired) electrons. The van der Waals surface area contributed by atoms with Crippen molar-refractivity contribution in [3.05, 3.63) is 86.7 Å². The van der Waals surface area contributed by atoms with Crippen molar-refractivity contribution < 1.29 is 18.3 Å². The summed E-state index contributed by atoms with van der Waals surface area (Å²) in [5, 5.41) is 9.26. The van der Waals surface area contributed by atoms with Crippen LogP contribution in [0.4, 0.5) is 14.6 Å². The van der Waals surface area contributed by atoms with Crippen LogP contribution in [-0.4, -0.2) is 52.6 Å². The van der Waals surface area contributed by atoms with E-state index >= 15 is 0 Å². The first kappa shape index (κ1) is 35.0. The van der Waals surface area contributed by atoms with Crippen LogP contribution >= 0.6 is 39.1 Å². The SMILES string of the molecule is CCn1nc(Br)nc1Oc1cc(F)cc(Cl)c1.CCn1nc(CC2[C@@H]3CC[C@H]2CN(c2cc(C)ncn2)C3)nc1Oc1cc(F)cc(Cl)c1. The molecule has 1 unspecified atom stereocenters. The Hall–Kier alpha value is -3.88. The highest BCUT2D eigenvalue weighted by Crippen LogP contribution is 2.44. The lowest BCUT2D eigenvalue weighted by Gasteiger charge is -2.38. The van der Waals surface area contributed by atoms with E-state index in [0.717, 1.165) is 36.8 Å². The molecule has 0 N–H and O–H groups in total. The molecular weight excluding hydrogens is 743 g/mol. The summed E-state index contributed by atoms with van der Waals surface area (Å²) in [5.74, 6) is 3.20. The number of piperidine rings is 1. The van der Waals surface area contributed by atoms with Crippen LogP contribution in [0.15, 0.2) is 53.5 Å². The molecule has 49 heavy (non-hydrogen) atoms. The number of hydrogen-bond acceptors (Lipinski definition) is 9. The minimum absolute atomic E-state index is 0.265. The molecule has 2 bridgehead atoms. The third-order valence-electron chi connectivity index (χ3n) is 8.54. The van der Waals surface area contributed by atoms with Crippen LogP contribution in [0.5, 0.6) is 23.5 Å². The lowest BCUT2D eigenvalue weighted by atomic mass is 9.82. The van der Waals surface area contributed by atoms with Gasteiger partial charge in [-0.3, -0.25) is 0 Å². The summed E-state index contributed by atoms with van der Waals surface area (Å²) in [7, 11) is 0. The maximum absolute atomic E-state index is 13.7. The zero-order valence-corrected chi connectivity index (χ0v) is 30.1. The summed E-state index contributed by atoms with van der Waals surface area (Å²) in [4.78, 5) is 19.8. The fourth-order valence-electron chi connectivity index (χ4n) is 6.39. The minimum atomic E-state index is -0.464. The smallest absolute Gasteiger partial charge is 0.321 e. The highest BCUT2D eigenvalue weighted by molar-refractivity contribution is 9.10. The van der Waals surface area contributed by atoms with E-state index in [1.807, 2.05) is 20.8 Å². The summed E-state index contributed by atoms with van der Waals surface area (Å²) in [6.07, 6.45) is 4.90. The van der Waals surface area contributed by atoms with Gasteiger partial charge in [0.15, 0.2) is 5.82 Å². The summed E-state index contributed by atoms with van der Waals surface area (Å²) in [5.41, 5.74) is 0.992. The van der Waals surface area contributed by atoms with Gasteiger partial charge in [0.1, 0.15) is 35.3 Å². The first-order chi connectivity index (χ1) is 23.6. The van der Waals surface area contributed by atoms with Gasteiger partial charge in [-0.25, -0.2) is 28.1 Å². The molecule has 258 valence electrons. The summed E-state index contributed by atoms with van der Waals surface area (Å²) in [6.45, 7) is 9.08. The molecule has 3 atom stereocenters. The molecule has 0 spiro atoms. The minimum Gasteiger partial charge on any atom is -0.424 e. The van der Waals surface area contributed by atoms with Gasteiger partial charge in [-0.15, -0.1) is 5.10 Å². The van der Waals surface area contributed by atoms with Crippen molar-refractivity contribution in [3.63, 3.8) is 0 Å². The van der Waals surface area contributed by atoms with Crippen LogP contribution < -0.4 is 14.4 Å². The number of fused-ring (bicyclic) bond motifs is 2. The number of ether oxygens (including phenoxy) is 2. The zero-order chi connectivity index (χ0) is 34.7. The van der Waals surface area contributed by atoms with Gasteiger partial charge in [-0.1, -0.05) is 23.2 Å². The Labute approximate surface area is 300 Å². The van der Waals surface area contributed by atoms with Gasteiger partial charge in [0, 0.05) is 66.5 Å². The lowest BCUT2D eigenvalue weighted by Crippen LogP contribution is -2.43. The van der Waals surface area contributed by atoms with Crippen molar-refractivity contribution in [1.82, 2.24) is 39.5 Å². The van der Waals surface area contributed by atoms with Crippen LogP contribution in [0.3, 0.4) is 0 Å². The number of rotatable bonds is 9. The largest absolute Gasteiger partial charge is 0.424 e. The standard InChI is InChI=1S/C23H26ClFN6O.C10H8BrClFN3O/c1-3-31-23(32-19-8-17(24)7-18(25)9-19)28-21(29-31)10-20-15-4-5-16(20)12-30(11-15)22-6-14(2)26-13-27-22;1-2-16-10(14-9(11)15-16)17-8-4-6(12)3-7(13)5-8/h6-9,13,15-16,20H,3-5,10-12H2,1-2H3;3-5H,2H2,1H3/t15-,16+,20?;. The normalized spacial score (nSPS) is 18.3. The predicted octanol–water partition coefficient (Wildman–Crippen LogP) is 8.33. The van der Waals surface area contributed by atoms with Gasteiger partial charge in [-0.05, 0) is 91.6 Å². The van der Waals surface area contributed by atoms with E-state index in [9.17, 15) is 8.78 Å². The third kappa shape index (κ3) is 8.65. The third-order valence-corrected chi connectivity index (χ3v) is 9.32. The molecule has 7 rings (SSSR count). The van der Waals surface area contributed by atoms with Crippen molar-refractivity contribution in [2.45, 2.75) is 53.1 Å². The molecule has 4 heterocycles. The van der Waals surface area contributed by atoms with E-state index in [0.29, 0.717) is 47.3 Å². The Bertz CT molecular complexity index is 1870. The molecule has 1 saturated carbocycles.